The summed E-state index contributed by atoms with van der Waals surface area (Å²) in [6.07, 6.45) is 2.97. The number of anilines is 1. The first kappa shape index (κ1) is 13.8. The lowest BCUT2D eigenvalue weighted by Gasteiger charge is -2.36. The van der Waals surface area contributed by atoms with Crippen LogP contribution in [0, 0.1) is 6.92 Å². The van der Waals surface area contributed by atoms with Gasteiger partial charge in [0.2, 0.25) is 0 Å². The van der Waals surface area contributed by atoms with Gasteiger partial charge in [-0.05, 0) is 54.0 Å². The van der Waals surface area contributed by atoms with Gasteiger partial charge in [-0.15, -0.1) is 0 Å². The Morgan fingerprint density at radius 2 is 2.06 bits per heavy atom. The Morgan fingerprint density at radius 1 is 1.33 bits per heavy atom. The van der Waals surface area contributed by atoms with Crippen LogP contribution in [0.3, 0.4) is 0 Å². The molecule has 0 aromatic carbocycles. The van der Waals surface area contributed by atoms with E-state index in [1.165, 1.54) is 5.56 Å². The Labute approximate surface area is 117 Å². The van der Waals surface area contributed by atoms with Crippen molar-refractivity contribution >= 4 is 21.7 Å². The molecule has 0 spiro atoms. The van der Waals surface area contributed by atoms with Crippen LogP contribution in [-0.4, -0.2) is 49.2 Å². The molecule has 0 unspecified atom stereocenters. The molecule has 100 valence electrons. The third-order valence-electron chi connectivity index (χ3n) is 3.37. The van der Waals surface area contributed by atoms with Crippen molar-refractivity contribution in [2.24, 2.45) is 5.73 Å². The van der Waals surface area contributed by atoms with Crippen LogP contribution in [0.1, 0.15) is 12.0 Å². The molecule has 0 atom stereocenters. The van der Waals surface area contributed by atoms with Crippen molar-refractivity contribution in [3.63, 3.8) is 0 Å². The zero-order chi connectivity index (χ0) is 13.0. The van der Waals surface area contributed by atoms with Crippen molar-refractivity contribution in [2.45, 2.75) is 13.3 Å². The molecular formula is C13H21BrN4. The molecule has 0 saturated carbocycles. The Balaban J connectivity index is 1.93. The number of hydrogen-bond acceptors (Lipinski definition) is 4. The predicted octanol–water partition coefficient (Wildman–Crippen LogP) is 1.62. The number of rotatable bonds is 4. The molecule has 0 amide bonds. The molecule has 2 N–H and O–H groups in total. The van der Waals surface area contributed by atoms with E-state index in [0.29, 0.717) is 0 Å². The van der Waals surface area contributed by atoms with Gasteiger partial charge in [0.15, 0.2) is 0 Å². The smallest absolute Gasteiger partial charge is 0.131 e. The highest BCUT2D eigenvalue weighted by molar-refractivity contribution is 9.10. The number of nitrogens with two attached hydrogens (primary N) is 1. The van der Waals surface area contributed by atoms with Crippen molar-refractivity contribution in [3.8, 4) is 0 Å². The van der Waals surface area contributed by atoms with Crippen LogP contribution in [-0.2, 0) is 0 Å². The highest BCUT2D eigenvalue weighted by atomic mass is 79.9. The molecule has 0 aliphatic carbocycles. The molecule has 2 heterocycles. The van der Waals surface area contributed by atoms with Gasteiger partial charge in [-0.2, -0.15) is 0 Å². The number of pyridine rings is 1. The highest BCUT2D eigenvalue weighted by Gasteiger charge is 2.18. The summed E-state index contributed by atoms with van der Waals surface area (Å²) in [6, 6.07) is 2.13. The minimum atomic E-state index is 0.785. The average molecular weight is 313 g/mol. The van der Waals surface area contributed by atoms with E-state index in [-0.39, 0.29) is 0 Å². The lowest BCUT2D eigenvalue weighted by Crippen LogP contribution is -2.47. The Kier molecular flexibility index (Phi) is 4.97. The highest BCUT2D eigenvalue weighted by Crippen LogP contribution is 2.21. The molecule has 1 saturated heterocycles. The molecule has 0 radical (unpaired) electrons. The van der Waals surface area contributed by atoms with E-state index in [4.69, 9.17) is 5.73 Å². The zero-order valence-corrected chi connectivity index (χ0v) is 12.5. The predicted molar refractivity (Wildman–Crippen MR) is 79.0 cm³/mol. The van der Waals surface area contributed by atoms with Crippen molar-refractivity contribution < 1.29 is 0 Å². The second kappa shape index (κ2) is 6.50. The lowest BCUT2D eigenvalue weighted by molar-refractivity contribution is 0.256. The van der Waals surface area contributed by atoms with E-state index in [0.717, 1.165) is 56.0 Å². The maximum Gasteiger partial charge on any atom is 0.131 e. The van der Waals surface area contributed by atoms with Gasteiger partial charge in [-0.25, -0.2) is 4.98 Å². The molecule has 0 bridgehead atoms. The molecule has 2 rings (SSSR count). The quantitative estimate of drug-likeness (QED) is 0.917. The molecule has 5 heteroatoms. The molecule has 18 heavy (non-hydrogen) atoms. The van der Waals surface area contributed by atoms with Crippen LogP contribution in [0.25, 0.3) is 0 Å². The van der Waals surface area contributed by atoms with Crippen molar-refractivity contribution in [1.82, 2.24) is 9.88 Å². The van der Waals surface area contributed by atoms with Crippen molar-refractivity contribution in [3.05, 3.63) is 22.3 Å². The summed E-state index contributed by atoms with van der Waals surface area (Å²) in [5.74, 6) is 1.12. The fourth-order valence-electron chi connectivity index (χ4n) is 2.36. The molecule has 4 nitrogen and oxygen atoms in total. The van der Waals surface area contributed by atoms with E-state index in [1.807, 2.05) is 6.20 Å². The van der Waals surface area contributed by atoms with Crippen LogP contribution in [0.5, 0.6) is 0 Å². The van der Waals surface area contributed by atoms with E-state index in [1.54, 1.807) is 0 Å². The normalized spacial score (nSPS) is 17.2. The number of hydrogen-bond donors (Lipinski definition) is 1. The average Bonchev–Trinajstić information content (AvgIpc) is 2.37. The van der Waals surface area contributed by atoms with Gasteiger partial charge in [-0.1, -0.05) is 0 Å². The summed E-state index contributed by atoms with van der Waals surface area (Å²) >= 11 is 3.46. The van der Waals surface area contributed by atoms with E-state index >= 15 is 0 Å². The van der Waals surface area contributed by atoms with Crippen LogP contribution in [0.2, 0.25) is 0 Å². The zero-order valence-electron chi connectivity index (χ0n) is 10.9. The third-order valence-corrected chi connectivity index (χ3v) is 3.80. The third kappa shape index (κ3) is 3.43. The fraction of sp³-hybridized carbons (Fsp3) is 0.615. The van der Waals surface area contributed by atoms with Crippen LogP contribution >= 0.6 is 15.9 Å². The Morgan fingerprint density at radius 3 is 2.67 bits per heavy atom. The Bertz CT molecular complexity index is 389. The lowest BCUT2D eigenvalue weighted by atomic mass is 10.2. The summed E-state index contributed by atoms with van der Waals surface area (Å²) in [7, 11) is 0. The topological polar surface area (TPSA) is 45.4 Å². The fourth-order valence-corrected chi connectivity index (χ4v) is 2.81. The number of aromatic nitrogens is 1. The first-order valence-corrected chi connectivity index (χ1v) is 7.29. The summed E-state index contributed by atoms with van der Waals surface area (Å²) in [5.41, 5.74) is 6.78. The number of piperazine rings is 1. The second-order valence-electron chi connectivity index (χ2n) is 4.76. The molecular weight excluding hydrogens is 292 g/mol. The minimum absolute atomic E-state index is 0.785. The first-order chi connectivity index (χ1) is 8.70. The standard InChI is InChI=1S/C13H21BrN4/c1-11-9-12(14)10-16-13(11)18-7-5-17(6-8-18)4-2-3-15/h9-10H,2-8,15H2,1H3. The summed E-state index contributed by atoms with van der Waals surface area (Å²) < 4.78 is 1.05. The molecule has 1 aliphatic rings. The van der Waals surface area contributed by atoms with E-state index in [2.05, 4.69) is 43.7 Å². The molecule has 1 fully saturated rings. The van der Waals surface area contributed by atoms with Crippen molar-refractivity contribution in [1.29, 1.82) is 0 Å². The Hall–Kier alpha value is -0.650. The van der Waals surface area contributed by atoms with E-state index in [9.17, 15) is 0 Å². The molecule has 1 aromatic rings. The largest absolute Gasteiger partial charge is 0.354 e. The maximum atomic E-state index is 5.55. The van der Waals surface area contributed by atoms with Crippen molar-refractivity contribution in [2.75, 3.05) is 44.2 Å². The second-order valence-corrected chi connectivity index (χ2v) is 5.68. The maximum absolute atomic E-state index is 5.55. The van der Waals surface area contributed by atoms with Gasteiger partial charge in [-0.3, -0.25) is 4.90 Å². The number of nitrogens with zero attached hydrogens (tertiary/aromatic N) is 3. The van der Waals surface area contributed by atoms with Crippen LogP contribution < -0.4 is 10.6 Å². The SMILES string of the molecule is Cc1cc(Br)cnc1N1CCN(CCCN)CC1. The summed E-state index contributed by atoms with van der Waals surface area (Å²) in [4.78, 5) is 9.39. The van der Waals surface area contributed by atoms with Crippen LogP contribution in [0.15, 0.2) is 16.7 Å². The minimum Gasteiger partial charge on any atom is -0.354 e. The van der Waals surface area contributed by atoms with Gasteiger partial charge in [0.25, 0.3) is 0 Å². The number of aryl methyl sites for hydroxylation is 1. The number of halogens is 1. The molecule has 1 aromatic heterocycles. The van der Waals surface area contributed by atoms with Gasteiger partial charge in [0.1, 0.15) is 5.82 Å². The van der Waals surface area contributed by atoms with Gasteiger partial charge in [0.05, 0.1) is 0 Å². The summed E-state index contributed by atoms with van der Waals surface area (Å²) in [5, 5.41) is 0. The molecule has 1 aliphatic heterocycles. The summed E-state index contributed by atoms with van der Waals surface area (Å²) in [6.45, 7) is 8.35. The van der Waals surface area contributed by atoms with Crippen LogP contribution in [0.4, 0.5) is 5.82 Å². The first-order valence-electron chi connectivity index (χ1n) is 6.50. The van der Waals surface area contributed by atoms with E-state index < -0.39 is 0 Å². The van der Waals surface area contributed by atoms with Gasteiger partial charge >= 0.3 is 0 Å². The monoisotopic (exact) mass is 312 g/mol. The van der Waals surface area contributed by atoms with Gasteiger partial charge in [0, 0.05) is 36.8 Å². The van der Waals surface area contributed by atoms with Gasteiger partial charge < -0.3 is 10.6 Å².